The molecule has 4 aromatic rings. The van der Waals surface area contributed by atoms with Gasteiger partial charge in [-0.2, -0.15) is 5.10 Å². The summed E-state index contributed by atoms with van der Waals surface area (Å²) >= 11 is 6.15. The van der Waals surface area contributed by atoms with Crippen LogP contribution in [0.2, 0.25) is 5.02 Å². The molecule has 0 aliphatic heterocycles. The van der Waals surface area contributed by atoms with Gasteiger partial charge in [-0.25, -0.2) is 0 Å². The lowest BCUT2D eigenvalue weighted by atomic mass is 10.0. The van der Waals surface area contributed by atoms with E-state index in [2.05, 4.69) is 20.2 Å². The highest BCUT2D eigenvalue weighted by atomic mass is 35.5. The van der Waals surface area contributed by atoms with Crippen molar-refractivity contribution in [1.82, 2.24) is 20.2 Å². The summed E-state index contributed by atoms with van der Waals surface area (Å²) in [6.45, 7) is 0. The Morgan fingerprint density at radius 1 is 1.19 bits per heavy atom. The molecule has 0 saturated heterocycles. The van der Waals surface area contributed by atoms with Crippen molar-refractivity contribution in [1.29, 1.82) is 0 Å². The molecule has 21 heavy (non-hydrogen) atoms. The molecular formula is C15H9ClN4O. The van der Waals surface area contributed by atoms with E-state index in [9.17, 15) is 4.79 Å². The zero-order valence-corrected chi connectivity index (χ0v) is 11.5. The van der Waals surface area contributed by atoms with Gasteiger partial charge in [0.05, 0.1) is 27.8 Å². The van der Waals surface area contributed by atoms with E-state index in [0.29, 0.717) is 21.5 Å². The topological polar surface area (TPSA) is 74.4 Å². The van der Waals surface area contributed by atoms with Crippen molar-refractivity contribution < 1.29 is 0 Å². The van der Waals surface area contributed by atoms with Crippen LogP contribution in [0, 0.1) is 0 Å². The second-order valence-electron chi connectivity index (χ2n) is 4.72. The van der Waals surface area contributed by atoms with E-state index in [0.717, 1.165) is 16.5 Å². The second-order valence-corrected chi connectivity index (χ2v) is 5.13. The SMILES string of the molecule is O=c1[nH]cc(Cl)c2ccnc(-c3ccc4cn[nH]c4c3)c12. The van der Waals surface area contributed by atoms with E-state index in [4.69, 9.17) is 11.6 Å². The number of benzene rings is 1. The molecule has 0 atom stereocenters. The minimum absolute atomic E-state index is 0.206. The number of pyridine rings is 2. The summed E-state index contributed by atoms with van der Waals surface area (Å²) in [5.41, 5.74) is 2.13. The lowest BCUT2D eigenvalue weighted by Gasteiger charge is -2.06. The lowest BCUT2D eigenvalue weighted by Crippen LogP contribution is -2.07. The Kier molecular flexibility index (Phi) is 2.55. The lowest BCUT2D eigenvalue weighted by molar-refractivity contribution is 1.12. The number of nitrogens with one attached hydrogen (secondary N) is 2. The van der Waals surface area contributed by atoms with E-state index >= 15 is 0 Å². The van der Waals surface area contributed by atoms with Crippen molar-refractivity contribution in [3.05, 3.63) is 58.2 Å². The van der Waals surface area contributed by atoms with Crippen LogP contribution in [0.25, 0.3) is 32.9 Å². The minimum Gasteiger partial charge on any atom is -0.327 e. The third-order valence-corrected chi connectivity index (χ3v) is 3.79. The maximum absolute atomic E-state index is 12.2. The Hall–Kier alpha value is -2.66. The fourth-order valence-corrected chi connectivity index (χ4v) is 2.68. The van der Waals surface area contributed by atoms with Gasteiger partial charge in [-0.1, -0.05) is 23.7 Å². The predicted molar refractivity (Wildman–Crippen MR) is 82.5 cm³/mol. The van der Waals surface area contributed by atoms with Gasteiger partial charge in [0, 0.05) is 28.7 Å². The van der Waals surface area contributed by atoms with Crippen molar-refractivity contribution in [3.8, 4) is 11.3 Å². The summed E-state index contributed by atoms with van der Waals surface area (Å²) < 4.78 is 0. The maximum Gasteiger partial charge on any atom is 0.258 e. The van der Waals surface area contributed by atoms with Crippen molar-refractivity contribution in [2.24, 2.45) is 0 Å². The number of halogens is 1. The number of hydrogen-bond donors (Lipinski definition) is 2. The standard InChI is InChI=1S/C15H9ClN4O/c16-11-7-18-15(21)13-10(11)3-4-17-14(13)8-1-2-9-6-19-20-12(9)5-8/h1-7H,(H,18,21)(H,19,20). The largest absolute Gasteiger partial charge is 0.327 e. The highest BCUT2D eigenvalue weighted by Crippen LogP contribution is 2.29. The molecule has 0 spiro atoms. The van der Waals surface area contributed by atoms with Crippen LogP contribution in [-0.2, 0) is 0 Å². The van der Waals surface area contributed by atoms with Crippen LogP contribution in [0.15, 0.2) is 47.7 Å². The van der Waals surface area contributed by atoms with Crippen LogP contribution in [0.5, 0.6) is 0 Å². The van der Waals surface area contributed by atoms with Crippen molar-refractivity contribution in [2.45, 2.75) is 0 Å². The summed E-state index contributed by atoms with van der Waals surface area (Å²) in [6.07, 6.45) is 4.90. The summed E-state index contributed by atoms with van der Waals surface area (Å²) in [6, 6.07) is 7.52. The van der Waals surface area contributed by atoms with Crippen LogP contribution in [0.3, 0.4) is 0 Å². The third kappa shape index (κ3) is 1.82. The molecule has 0 saturated carbocycles. The third-order valence-electron chi connectivity index (χ3n) is 3.48. The van der Waals surface area contributed by atoms with Crippen LogP contribution in [0.4, 0.5) is 0 Å². The molecule has 0 aliphatic carbocycles. The van der Waals surface area contributed by atoms with E-state index in [-0.39, 0.29) is 5.56 Å². The van der Waals surface area contributed by atoms with Crippen LogP contribution >= 0.6 is 11.6 Å². The normalized spacial score (nSPS) is 11.3. The van der Waals surface area contributed by atoms with Gasteiger partial charge in [-0.05, 0) is 12.1 Å². The number of hydrogen-bond acceptors (Lipinski definition) is 3. The molecule has 0 bridgehead atoms. The molecule has 4 rings (SSSR count). The average Bonchev–Trinajstić information content (AvgIpc) is 2.98. The summed E-state index contributed by atoms with van der Waals surface area (Å²) in [7, 11) is 0. The van der Waals surface area contributed by atoms with Crippen LogP contribution in [0.1, 0.15) is 0 Å². The smallest absolute Gasteiger partial charge is 0.258 e. The summed E-state index contributed by atoms with van der Waals surface area (Å²) in [5, 5.41) is 9.59. The Balaban J connectivity index is 2.10. The molecule has 0 radical (unpaired) electrons. The van der Waals surface area contributed by atoms with Gasteiger partial charge >= 0.3 is 0 Å². The van der Waals surface area contributed by atoms with Gasteiger partial charge < -0.3 is 4.98 Å². The summed E-state index contributed by atoms with van der Waals surface area (Å²) in [5.74, 6) is 0. The molecule has 3 aromatic heterocycles. The zero-order chi connectivity index (χ0) is 14.4. The van der Waals surface area contributed by atoms with Crippen LogP contribution in [-0.4, -0.2) is 20.2 Å². The van der Waals surface area contributed by atoms with E-state index in [1.165, 1.54) is 6.20 Å². The quantitative estimate of drug-likeness (QED) is 0.567. The first kappa shape index (κ1) is 12.1. The number of rotatable bonds is 1. The Morgan fingerprint density at radius 2 is 2.10 bits per heavy atom. The van der Waals surface area contributed by atoms with Gasteiger partial charge in [-0.15, -0.1) is 0 Å². The Bertz CT molecular complexity index is 1030. The van der Waals surface area contributed by atoms with Crippen molar-refractivity contribution in [3.63, 3.8) is 0 Å². The number of H-pyrrole nitrogens is 2. The van der Waals surface area contributed by atoms with Crippen LogP contribution < -0.4 is 5.56 Å². The van der Waals surface area contributed by atoms with E-state index in [1.807, 2.05) is 18.2 Å². The van der Waals surface area contributed by atoms with E-state index < -0.39 is 0 Å². The van der Waals surface area contributed by atoms with Gasteiger partial charge in [0.15, 0.2) is 0 Å². The molecule has 102 valence electrons. The van der Waals surface area contributed by atoms with Gasteiger partial charge in [0.1, 0.15) is 0 Å². The van der Waals surface area contributed by atoms with Crippen molar-refractivity contribution in [2.75, 3.05) is 0 Å². The number of aromatic nitrogens is 4. The number of fused-ring (bicyclic) bond motifs is 2. The number of aromatic amines is 2. The maximum atomic E-state index is 12.2. The monoisotopic (exact) mass is 296 g/mol. The molecule has 1 aromatic carbocycles. The zero-order valence-electron chi connectivity index (χ0n) is 10.7. The number of nitrogens with zero attached hydrogens (tertiary/aromatic N) is 2. The highest BCUT2D eigenvalue weighted by Gasteiger charge is 2.12. The Morgan fingerprint density at radius 3 is 3.00 bits per heavy atom. The highest BCUT2D eigenvalue weighted by molar-refractivity contribution is 6.35. The molecule has 6 heteroatoms. The van der Waals surface area contributed by atoms with Gasteiger partial charge in [0.25, 0.3) is 5.56 Å². The molecule has 0 amide bonds. The molecule has 3 heterocycles. The minimum atomic E-state index is -0.206. The first-order valence-corrected chi connectivity index (χ1v) is 6.71. The first-order valence-electron chi connectivity index (χ1n) is 6.33. The molecule has 5 nitrogen and oxygen atoms in total. The molecule has 2 N–H and O–H groups in total. The van der Waals surface area contributed by atoms with Gasteiger partial charge in [-0.3, -0.25) is 14.9 Å². The van der Waals surface area contributed by atoms with Crippen molar-refractivity contribution >= 4 is 33.3 Å². The van der Waals surface area contributed by atoms with E-state index in [1.54, 1.807) is 18.5 Å². The predicted octanol–water partition coefficient (Wildman–Crippen LogP) is 3.12. The first-order chi connectivity index (χ1) is 10.2. The van der Waals surface area contributed by atoms with Gasteiger partial charge in [0.2, 0.25) is 0 Å². The average molecular weight is 297 g/mol. The fraction of sp³-hybridized carbons (Fsp3) is 0. The second kappa shape index (κ2) is 4.43. The molecule has 0 fully saturated rings. The Labute approximate surface area is 123 Å². The molecule has 0 aliphatic rings. The summed E-state index contributed by atoms with van der Waals surface area (Å²) in [4.78, 5) is 19.2. The molecule has 0 unspecified atom stereocenters. The fourth-order valence-electron chi connectivity index (χ4n) is 2.47. The molecular weight excluding hydrogens is 288 g/mol.